The summed E-state index contributed by atoms with van der Waals surface area (Å²) < 4.78 is 2.27. The summed E-state index contributed by atoms with van der Waals surface area (Å²) in [5, 5.41) is 5.60. The van der Waals surface area contributed by atoms with Crippen LogP contribution in [-0.4, -0.2) is 43.5 Å². The predicted octanol–water partition coefficient (Wildman–Crippen LogP) is 3.17. The van der Waals surface area contributed by atoms with Gasteiger partial charge in [-0.3, -0.25) is 4.79 Å². The first kappa shape index (κ1) is 18.5. The van der Waals surface area contributed by atoms with E-state index in [-0.39, 0.29) is 11.8 Å². The maximum atomic E-state index is 12.6. The van der Waals surface area contributed by atoms with Crippen LogP contribution in [0.4, 0.5) is 10.9 Å². The normalized spacial score (nSPS) is 17.9. The van der Waals surface area contributed by atoms with Crippen molar-refractivity contribution in [3.63, 3.8) is 0 Å². The van der Waals surface area contributed by atoms with Crippen LogP contribution in [0.15, 0.2) is 11.7 Å². The number of aromatic nitrogens is 5. The molecule has 29 heavy (non-hydrogen) atoms. The van der Waals surface area contributed by atoms with E-state index in [1.54, 1.807) is 6.33 Å². The van der Waals surface area contributed by atoms with Crippen molar-refractivity contribution in [2.24, 2.45) is 5.92 Å². The van der Waals surface area contributed by atoms with E-state index in [1.165, 1.54) is 30.6 Å². The van der Waals surface area contributed by atoms with Gasteiger partial charge in [-0.2, -0.15) is 0 Å². The third-order valence-electron chi connectivity index (χ3n) is 5.89. The molecule has 5 heterocycles. The molecule has 2 aliphatic rings. The summed E-state index contributed by atoms with van der Waals surface area (Å²) in [6.45, 7) is 4.51. The molecule has 1 fully saturated rings. The molecule has 0 aliphatic carbocycles. The molecule has 0 bridgehead atoms. The van der Waals surface area contributed by atoms with Gasteiger partial charge in [-0.15, -0.1) is 11.3 Å². The number of hydrogen-bond donors (Lipinski definition) is 1. The van der Waals surface area contributed by atoms with Gasteiger partial charge in [0.15, 0.2) is 22.1 Å². The number of fused-ring (bicyclic) bond motifs is 3. The Morgan fingerprint density at radius 2 is 2.00 bits per heavy atom. The Hall–Kier alpha value is -2.55. The summed E-state index contributed by atoms with van der Waals surface area (Å²) in [5.74, 6) is 2.12. The molecule has 9 heteroatoms. The minimum Gasteiger partial charge on any atom is -0.355 e. The van der Waals surface area contributed by atoms with Crippen molar-refractivity contribution in [1.82, 2.24) is 24.5 Å². The summed E-state index contributed by atoms with van der Waals surface area (Å²) in [7, 11) is 0. The summed E-state index contributed by atoms with van der Waals surface area (Å²) in [4.78, 5) is 33.2. The second-order valence-corrected chi connectivity index (χ2v) is 8.76. The van der Waals surface area contributed by atoms with Crippen LogP contribution in [0.3, 0.4) is 0 Å². The predicted molar refractivity (Wildman–Crippen MR) is 113 cm³/mol. The molecule has 0 unspecified atom stereocenters. The number of hydrogen-bond acceptors (Lipinski definition) is 7. The van der Waals surface area contributed by atoms with E-state index in [4.69, 9.17) is 4.98 Å². The van der Waals surface area contributed by atoms with Crippen molar-refractivity contribution < 1.29 is 4.79 Å². The number of nitrogens with zero attached hydrogens (tertiary/aromatic N) is 6. The SMILES string of the molecule is Cc1csc(NC(=O)C2CCN(c3ncnc4c3nc3n4CCCCC3)CC2)n1. The molecule has 1 saturated heterocycles. The number of rotatable bonds is 3. The molecule has 0 saturated carbocycles. The quantitative estimate of drug-likeness (QED) is 0.712. The fraction of sp³-hybridized carbons (Fsp3) is 0.550. The van der Waals surface area contributed by atoms with E-state index in [1.807, 2.05) is 12.3 Å². The number of carbonyl (C=O) groups excluding carboxylic acids is 1. The molecule has 152 valence electrons. The van der Waals surface area contributed by atoms with Gasteiger partial charge in [0.05, 0.1) is 5.69 Å². The number of piperidine rings is 1. The van der Waals surface area contributed by atoms with E-state index >= 15 is 0 Å². The highest BCUT2D eigenvalue weighted by molar-refractivity contribution is 7.13. The summed E-state index contributed by atoms with van der Waals surface area (Å²) >= 11 is 1.47. The molecule has 0 aromatic carbocycles. The van der Waals surface area contributed by atoms with Crippen LogP contribution in [0, 0.1) is 12.8 Å². The highest BCUT2D eigenvalue weighted by Gasteiger charge is 2.28. The first-order chi connectivity index (χ1) is 14.2. The molecule has 8 nitrogen and oxygen atoms in total. The third-order valence-corrected chi connectivity index (χ3v) is 6.76. The standard InChI is InChI=1S/C20H25N7OS/c1-13-11-29-20(23-13)25-19(28)14-6-9-26(10-7-14)17-16-18(22-12-21-17)27-8-4-2-3-5-15(27)24-16/h11-12,14H,2-10H2,1H3,(H,23,25,28). The van der Waals surface area contributed by atoms with Gasteiger partial charge in [-0.05, 0) is 32.6 Å². The number of nitrogens with one attached hydrogen (secondary N) is 1. The number of carbonyl (C=O) groups is 1. The van der Waals surface area contributed by atoms with Gasteiger partial charge in [0.25, 0.3) is 0 Å². The summed E-state index contributed by atoms with van der Waals surface area (Å²) in [5.41, 5.74) is 2.79. The van der Waals surface area contributed by atoms with Gasteiger partial charge in [-0.25, -0.2) is 19.9 Å². The van der Waals surface area contributed by atoms with Crippen LogP contribution >= 0.6 is 11.3 Å². The number of aryl methyl sites for hydroxylation is 3. The van der Waals surface area contributed by atoms with E-state index in [0.717, 1.165) is 67.4 Å². The smallest absolute Gasteiger partial charge is 0.229 e. The Kier molecular flexibility index (Phi) is 4.91. The van der Waals surface area contributed by atoms with Crippen LogP contribution in [0.25, 0.3) is 11.2 Å². The van der Waals surface area contributed by atoms with Gasteiger partial charge in [0.1, 0.15) is 12.2 Å². The monoisotopic (exact) mass is 411 g/mol. The zero-order valence-electron chi connectivity index (χ0n) is 16.6. The van der Waals surface area contributed by atoms with E-state index in [0.29, 0.717) is 5.13 Å². The van der Waals surface area contributed by atoms with Crippen LogP contribution in [-0.2, 0) is 17.8 Å². The minimum absolute atomic E-state index is 0.00602. The molecular weight excluding hydrogens is 386 g/mol. The molecular formula is C20H25N7OS. The lowest BCUT2D eigenvalue weighted by molar-refractivity contribution is -0.120. The van der Waals surface area contributed by atoms with Crippen LogP contribution in [0.2, 0.25) is 0 Å². The van der Waals surface area contributed by atoms with Crippen LogP contribution < -0.4 is 10.2 Å². The summed E-state index contributed by atoms with van der Waals surface area (Å²) in [6, 6.07) is 0. The molecule has 1 N–H and O–H groups in total. The van der Waals surface area contributed by atoms with E-state index < -0.39 is 0 Å². The molecule has 0 spiro atoms. The zero-order chi connectivity index (χ0) is 19.8. The topological polar surface area (TPSA) is 88.8 Å². The average molecular weight is 412 g/mol. The maximum absolute atomic E-state index is 12.6. The second-order valence-electron chi connectivity index (χ2n) is 7.90. The zero-order valence-corrected chi connectivity index (χ0v) is 17.4. The van der Waals surface area contributed by atoms with Gasteiger partial charge >= 0.3 is 0 Å². The van der Waals surface area contributed by atoms with Crippen molar-refractivity contribution >= 4 is 39.4 Å². The third kappa shape index (κ3) is 3.59. The second kappa shape index (κ2) is 7.70. The maximum Gasteiger partial charge on any atom is 0.229 e. The number of amides is 1. The fourth-order valence-electron chi connectivity index (χ4n) is 4.33. The highest BCUT2D eigenvalue weighted by atomic mass is 32.1. The Bertz CT molecular complexity index is 1030. The number of thiazole rings is 1. The molecule has 0 radical (unpaired) electrons. The summed E-state index contributed by atoms with van der Waals surface area (Å²) in [6.07, 6.45) is 7.88. The lowest BCUT2D eigenvalue weighted by Crippen LogP contribution is -2.38. The van der Waals surface area contributed by atoms with Gasteiger partial charge in [-0.1, -0.05) is 6.42 Å². The van der Waals surface area contributed by atoms with Crippen molar-refractivity contribution in [3.8, 4) is 0 Å². The highest BCUT2D eigenvalue weighted by Crippen LogP contribution is 2.29. The van der Waals surface area contributed by atoms with E-state index in [2.05, 4.69) is 29.7 Å². The van der Waals surface area contributed by atoms with Crippen LogP contribution in [0.5, 0.6) is 0 Å². The molecule has 3 aromatic rings. The lowest BCUT2D eigenvalue weighted by atomic mass is 9.96. The molecule has 2 aliphatic heterocycles. The Balaban J connectivity index is 1.30. The number of anilines is 2. The van der Waals surface area contributed by atoms with Crippen molar-refractivity contribution in [2.75, 3.05) is 23.3 Å². The van der Waals surface area contributed by atoms with E-state index in [9.17, 15) is 4.79 Å². The Labute approximate surface area is 173 Å². The minimum atomic E-state index is 0.00602. The van der Waals surface area contributed by atoms with Crippen molar-refractivity contribution in [2.45, 2.75) is 52.0 Å². The number of imidazole rings is 1. The van der Waals surface area contributed by atoms with Crippen LogP contribution in [0.1, 0.15) is 43.6 Å². The Morgan fingerprint density at radius 1 is 1.14 bits per heavy atom. The van der Waals surface area contributed by atoms with Crippen molar-refractivity contribution in [3.05, 3.63) is 23.2 Å². The average Bonchev–Trinajstić information content (AvgIpc) is 3.22. The van der Waals surface area contributed by atoms with Gasteiger partial charge in [0, 0.05) is 37.4 Å². The molecule has 3 aromatic heterocycles. The molecule has 0 atom stereocenters. The Morgan fingerprint density at radius 3 is 2.79 bits per heavy atom. The largest absolute Gasteiger partial charge is 0.355 e. The molecule has 5 rings (SSSR count). The lowest BCUT2D eigenvalue weighted by Gasteiger charge is -2.31. The van der Waals surface area contributed by atoms with Gasteiger partial charge in [0.2, 0.25) is 5.91 Å². The first-order valence-electron chi connectivity index (χ1n) is 10.4. The fourth-order valence-corrected chi connectivity index (χ4v) is 5.02. The molecule has 1 amide bonds. The van der Waals surface area contributed by atoms with Gasteiger partial charge < -0.3 is 14.8 Å². The van der Waals surface area contributed by atoms with Crippen molar-refractivity contribution in [1.29, 1.82) is 0 Å². The first-order valence-corrected chi connectivity index (χ1v) is 11.2.